The van der Waals surface area contributed by atoms with Crippen molar-refractivity contribution < 1.29 is 17.6 Å². The van der Waals surface area contributed by atoms with Crippen molar-refractivity contribution in [3.8, 4) is 0 Å². The first-order chi connectivity index (χ1) is 13.7. The van der Waals surface area contributed by atoms with Gasteiger partial charge in [0.1, 0.15) is 27.8 Å². The molecule has 1 heterocycles. The third-order valence-electron chi connectivity index (χ3n) is 4.44. The third kappa shape index (κ3) is 4.77. The van der Waals surface area contributed by atoms with Gasteiger partial charge in [-0.3, -0.25) is 4.79 Å². The maximum absolute atomic E-state index is 13.4. The molecule has 7 nitrogen and oxygen atoms in total. The zero-order valence-corrected chi connectivity index (χ0v) is 17.8. The normalized spacial score (nSPS) is 13.0. The molecule has 1 amide bonds. The summed E-state index contributed by atoms with van der Waals surface area (Å²) < 4.78 is 50.0. The second kappa shape index (κ2) is 8.52. The molecule has 0 saturated carbocycles. The summed E-state index contributed by atoms with van der Waals surface area (Å²) in [6, 6.07) is 9.64. The monoisotopic (exact) mass is 436 g/mol. The fraction of sp³-hybridized carbons (Fsp3) is 0.316. The van der Waals surface area contributed by atoms with Gasteiger partial charge in [-0.15, -0.1) is 0 Å². The summed E-state index contributed by atoms with van der Waals surface area (Å²) in [4.78, 5) is 14.3. The van der Waals surface area contributed by atoms with Crippen LogP contribution in [-0.2, 0) is 21.4 Å². The van der Waals surface area contributed by atoms with Crippen LogP contribution in [0.4, 0.5) is 4.39 Å². The van der Waals surface area contributed by atoms with Crippen molar-refractivity contribution in [1.82, 2.24) is 18.4 Å². The van der Waals surface area contributed by atoms with E-state index in [0.717, 1.165) is 11.7 Å². The van der Waals surface area contributed by atoms with Crippen LogP contribution in [0.2, 0.25) is 0 Å². The van der Waals surface area contributed by atoms with Crippen LogP contribution >= 0.6 is 11.7 Å². The number of halogens is 1. The first kappa shape index (κ1) is 21.3. The molecule has 3 aromatic rings. The molecule has 29 heavy (non-hydrogen) atoms. The lowest BCUT2D eigenvalue weighted by Crippen LogP contribution is -2.49. The molecule has 0 aliphatic rings. The molecule has 3 rings (SSSR count). The number of aromatic nitrogens is 2. The summed E-state index contributed by atoms with van der Waals surface area (Å²) in [5, 5.41) is 0. The standard InChI is InChI=1S/C19H21FN4O3S2/c1-12(2)17(19(25)24(3)11-13-6-4-7-14(20)10-13)23-29(26,27)16-9-5-8-15-18(16)22-28-21-15/h4-10,12,17,23H,11H2,1-3H3. The maximum Gasteiger partial charge on any atom is 0.243 e. The predicted molar refractivity (Wildman–Crippen MR) is 109 cm³/mol. The summed E-state index contributed by atoms with van der Waals surface area (Å²) >= 11 is 0.924. The number of benzene rings is 2. The van der Waals surface area contributed by atoms with E-state index >= 15 is 0 Å². The fourth-order valence-corrected chi connectivity index (χ4v) is 5.03. The quantitative estimate of drug-likeness (QED) is 0.615. The van der Waals surface area contributed by atoms with Crippen molar-refractivity contribution in [1.29, 1.82) is 0 Å². The number of rotatable bonds is 7. The molecule has 2 aromatic carbocycles. The average molecular weight is 437 g/mol. The number of hydrogen-bond acceptors (Lipinski definition) is 6. The highest BCUT2D eigenvalue weighted by Crippen LogP contribution is 2.22. The minimum Gasteiger partial charge on any atom is -0.340 e. The topological polar surface area (TPSA) is 92.3 Å². The molecule has 0 radical (unpaired) electrons. The van der Waals surface area contributed by atoms with Gasteiger partial charge >= 0.3 is 0 Å². The van der Waals surface area contributed by atoms with E-state index in [1.54, 1.807) is 45.2 Å². The molecular formula is C19H21FN4O3S2. The van der Waals surface area contributed by atoms with E-state index in [4.69, 9.17) is 0 Å². The van der Waals surface area contributed by atoms with E-state index in [-0.39, 0.29) is 22.9 Å². The van der Waals surface area contributed by atoms with Crippen molar-refractivity contribution in [3.05, 3.63) is 53.8 Å². The van der Waals surface area contributed by atoms with Gasteiger partial charge in [0.15, 0.2) is 0 Å². The average Bonchev–Trinajstić information content (AvgIpc) is 3.14. The van der Waals surface area contributed by atoms with Crippen LogP contribution in [-0.4, -0.2) is 41.1 Å². The van der Waals surface area contributed by atoms with Crippen LogP contribution in [0.5, 0.6) is 0 Å². The number of likely N-dealkylation sites (N-methyl/N-ethyl adjacent to an activating group) is 1. The first-order valence-corrected chi connectivity index (χ1v) is 11.1. The first-order valence-electron chi connectivity index (χ1n) is 8.92. The van der Waals surface area contributed by atoms with Crippen LogP contribution in [0.25, 0.3) is 11.0 Å². The van der Waals surface area contributed by atoms with Crippen LogP contribution in [0.15, 0.2) is 47.4 Å². The number of nitrogens with one attached hydrogen (secondary N) is 1. The summed E-state index contributed by atoms with van der Waals surface area (Å²) in [6.07, 6.45) is 0. The smallest absolute Gasteiger partial charge is 0.243 e. The second-order valence-corrected chi connectivity index (χ2v) is 9.27. The summed E-state index contributed by atoms with van der Waals surface area (Å²) in [5.41, 5.74) is 1.37. The van der Waals surface area contributed by atoms with Crippen molar-refractivity contribution in [2.45, 2.75) is 31.3 Å². The number of amides is 1. The Morgan fingerprint density at radius 3 is 2.62 bits per heavy atom. The molecule has 0 saturated heterocycles. The molecule has 1 atom stereocenters. The molecule has 1 N–H and O–H groups in total. The maximum atomic E-state index is 13.4. The van der Waals surface area contributed by atoms with E-state index in [0.29, 0.717) is 11.1 Å². The Kier molecular flexibility index (Phi) is 6.25. The van der Waals surface area contributed by atoms with Crippen LogP contribution in [0, 0.1) is 11.7 Å². The predicted octanol–water partition coefficient (Wildman–Crippen LogP) is 2.79. The van der Waals surface area contributed by atoms with Gasteiger partial charge in [0.2, 0.25) is 15.9 Å². The zero-order valence-electron chi connectivity index (χ0n) is 16.2. The lowest BCUT2D eigenvalue weighted by Gasteiger charge is -2.27. The summed E-state index contributed by atoms with van der Waals surface area (Å²) in [7, 11) is -2.45. The van der Waals surface area contributed by atoms with Crippen molar-refractivity contribution >= 4 is 38.7 Å². The third-order valence-corrected chi connectivity index (χ3v) is 6.45. The largest absolute Gasteiger partial charge is 0.340 e. The van der Waals surface area contributed by atoms with Gasteiger partial charge in [-0.25, -0.2) is 12.8 Å². The number of hydrogen-bond donors (Lipinski definition) is 1. The Labute approximate surface area is 172 Å². The van der Waals surface area contributed by atoms with Crippen molar-refractivity contribution in [3.63, 3.8) is 0 Å². The number of nitrogens with zero attached hydrogens (tertiary/aromatic N) is 3. The minimum atomic E-state index is -4.01. The molecule has 10 heteroatoms. The molecular weight excluding hydrogens is 415 g/mol. The molecule has 1 aromatic heterocycles. The van der Waals surface area contributed by atoms with Gasteiger partial charge in [-0.1, -0.05) is 32.0 Å². The highest BCUT2D eigenvalue weighted by Gasteiger charge is 2.31. The molecule has 0 bridgehead atoms. The molecule has 0 aliphatic heterocycles. The molecule has 0 fully saturated rings. The highest BCUT2D eigenvalue weighted by molar-refractivity contribution is 7.89. The van der Waals surface area contributed by atoms with Crippen LogP contribution in [0.1, 0.15) is 19.4 Å². The van der Waals surface area contributed by atoms with E-state index in [2.05, 4.69) is 13.5 Å². The van der Waals surface area contributed by atoms with E-state index in [1.165, 1.54) is 23.1 Å². The number of carbonyl (C=O) groups excluding carboxylic acids is 1. The Morgan fingerprint density at radius 2 is 1.93 bits per heavy atom. The Bertz CT molecular complexity index is 1130. The number of sulfonamides is 1. The van der Waals surface area contributed by atoms with E-state index < -0.39 is 27.8 Å². The SMILES string of the molecule is CC(C)C(NS(=O)(=O)c1cccc2nsnc12)C(=O)N(C)Cc1cccc(F)c1. The second-order valence-electron chi connectivity index (χ2n) is 7.06. The fourth-order valence-electron chi connectivity index (χ4n) is 2.93. The van der Waals surface area contributed by atoms with Gasteiger partial charge < -0.3 is 4.90 Å². The number of fused-ring (bicyclic) bond motifs is 1. The lowest BCUT2D eigenvalue weighted by molar-refractivity contribution is -0.133. The molecule has 0 spiro atoms. The van der Waals surface area contributed by atoms with E-state index in [9.17, 15) is 17.6 Å². The van der Waals surface area contributed by atoms with Gasteiger partial charge in [-0.05, 0) is 35.7 Å². The minimum absolute atomic E-state index is 0.0185. The molecule has 154 valence electrons. The van der Waals surface area contributed by atoms with Crippen LogP contribution in [0.3, 0.4) is 0 Å². The summed E-state index contributed by atoms with van der Waals surface area (Å²) in [6.45, 7) is 3.67. The zero-order chi connectivity index (χ0) is 21.2. The van der Waals surface area contributed by atoms with Gasteiger partial charge in [0.25, 0.3) is 0 Å². The molecule has 0 aliphatic carbocycles. The van der Waals surface area contributed by atoms with Crippen LogP contribution < -0.4 is 4.72 Å². The lowest BCUT2D eigenvalue weighted by atomic mass is 10.0. The van der Waals surface area contributed by atoms with Gasteiger partial charge in [-0.2, -0.15) is 13.5 Å². The van der Waals surface area contributed by atoms with Crippen molar-refractivity contribution in [2.75, 3.05) is 7.05 Å². The summed E-state index contributed by atoms with van der Waals surface area (Å²) in [5.74, 6) is -1.11. The Balaban J connectivity index is 1.83. The van der Waals surface area contributed by atoms with Crippen molar-refractivity contribution in [2.24, 2.45) is 5.92 Å². The Hall–Kier alpha value is -2.43. The number of carbonyl (C=O) groups is 1. The van der Waals surface area contributed by atoms with E-state index in [1.807, 2.05) is 0 Å². The van der Waals surface area contributed by atoms with Gasteiger partial charge in [0.05, 0.1) is 11.7 Å². The Morgan fingerprint density at radius 1 is 1.21 bits per heavy atom. The van der Waals surface area contributed by atoms with Gasteiger partial charge in [0, 0.05) is 13.6 Å². The highest BCUT2D eigenvalue weighted by atomic mass is 32.2. The molecule has 1 unspecified atom stereocenters.